The molecule has 0 aliphatic carbocycles. The Hall–Kier alpha value is -4.83. The Morgan fingerprint density at radius 2 is 0.477 bits per heavy atom. The summed E-state index contributed by atoms with van der Waals surface area (Å²) in [5.41, 5.74) is 0. The van der Waals surface area contributed by atoms with Gasteiger partial charge in [0, 0.05) is 19.3 Å². The highest BCUT2D eigenvalue weighted by molar-refractivity contribution is 7.47. The number of carbonyl (C=O) groups is 3. The van der Waals surface area contributed by atoms with E-state index in [1.165, 1.54) is 122 Å². The first-order chi connectivity index (χ1) is 54.2. The van der Waals surface area contributed by atoms with Crippen LogP contribution in [-0.4, -0.2) is 95.9 Å². The highest BCUT2D eigenvalue weighted by Gasteiger charge is 2.29. The number of rotatable bonds is 82. The molecule has 18 heteroatoms. The third-order valence-corrected chi connectivity index (χ3v) is 20.1. The van der Waals surface area contributed by atoms with E-state index in [1.807, 2.05) is 0 Å². The summed E-state index contributed by atoms with van der Waals surface area (Å²) in [6.45, 7) is 2.45. The van der Waals surface area contributed by atoms with Gasteiger partial charge in [0.1, 0.15) is 25.4 Å². The van der Waals surface area contributed by atoms with Crippen LogP contribution in [0.2, 0.25) is 0 Å². The smallest absolute Gasteiger partial charge is 0.463 e. The van der Waals surface area contributed by atoms with Gasteiger partial charge in [-0.2, -0.15) is 0 Å². The van der Waals surface area contributed by atoms with E-state index >= 15 is 0 Å². The lowest BCUT2D eigenvalue weighted by Crippen LogP contribution is -2.30. The van der Waals surface area contributed by atoms with Crippen molar-refractivity contribution in [3.05, 3.63) is 158 Å². The first kappa shape index (κ1) is 106. The molecule has 0 aliphatic heterocycles. The van der Waals surface area contributed by atoms with Gasteiger partial charge in [0.05, 0.1) is 26.4 Å². The fourth-order valence-corrected chi connectivity index (χ4v) is 13.2. The molecule has 0 amide bonds. The van der Waals surface area contributed by atoms with Gasteiger partial charge in [-0.3, -0.25) is 32.5 Å². The van der Waals surface area contributed by atoms with Crippen LogP contribution >= 0.6 is 15.6 Å². The Morgan fingerprint density at radius 3 is 0.766 bits per heavy atom. The molecule has 0 aromatic heterocycles. The van der Waals surface area contributed by atoms with Crippen LogP contribution < -0.4 is 0 Å². The summed E-state index contributed by atoms with van der Waals surface area (Å²) in [6.07, 6.45) is 107. The van der Waals surface area contributed by atoms with Crippen molar-refractivity contribution in [1.82, 2.24) is 0 Å². The zero-order chi connectivity index (χ0) is 80.8. The quantitative estimate of drug-likeness (QED) is 0.0146. The number of phosphoric ester groups is 2. The molecule has 636 valence electrons. The van der Waals surface area contributed by atoms with Crippen LogP contribution in [0.15, 0.2) is 158 Å². The number of phosphoric acid groups is 2. The van der Waals surface area contributed by atoms with Crippen molar-refractivity contribution >= 4 is 33.6 Å². The lowest BCUT2D eigenvalue weighted by Gasteiger charge is -2.21. The molecule has 5 atom stereocenters. The van der Waals surface area contributed by atoms with Gasteiger partial charge in [-0.05, 0) is 148 Å². The van der Waals surface area contributed by atoms with Gasteiger partial charge in [0.25, 0.3) is 0 Å². The highest BCUT2D eigenvalue weighted by atomic mass is 31.2. The Balaban J connectivity index is 4.44. The number of ether oxygens (including phenoxy) is 3. The molecule has 0 heterocycles. The first-order valence-corrected chi connectivity index (χ1v) is 46.8. The molecule has 0 bridgehead atoms. The van der Waals surface area contributed by atoms with Gasteiger partial charge < -0.3 is 34.2 Å². The van der Waals surface area contributed by atoms with Gasteiger partial charge in [-0.1, -0.05) is 346 Å². The van der Waals surface area contributed by atoms with Crippen LogP contribution in [0.3, 0.4) is 0 Å². The third kappa shape index (κ3) is 85.9. The Kier molecular flexibility index (Phi) is 80.9. The van der Waals surface area contributed by atoms with E-state index in [4.69, 9.17) is 32.3 Å². The molecule has 16 nitrogen and oxygen atoms in total. The maximum atomic E-state index is 13.0. The number of hydrogen-bond acceptors (Lipinski definition) is 14. The van der Waals surface area contributed by atoms with E-state index in [2.05, 4.69) is 179 Å². The van der Waals surface area contributed by atoms with Crippen LogP contribution in [0.1, 0.15) is 355 Å². The van der Waals surface area contributed by atoms with Crippen molar-refractivity contribution in [1.29, 1.82) is 0 Å². The molecule has 111 heavy (non-hydrogen) atoms. The average Bonchev–Trinajstić information content (AvgIpc) is 0.978. The molecule has 0 rings (SSSR count). The summed E-state index contributed by atoms with van der Waals surface area (Å²) in [4.78, 5) is 58.8. The standard InChI is InChI=1S/C93H158O16P2/c1-4-7-10-13-16-19-22-25-27-29-31-33-35-37-39-41-42-43-44-46-48-49-51-53-55-57-59-62-64-67-70-73-76-79-91(96)103-82-88(94)83-105-110(99,100)106-84-89(95)85-107-111(101,102)108-87-90(109-93(98)81-78-75-72-69-66-61-24-21-18-15-12-9-6-3)86-104-92(97)80-77-74-71-68-65-63-60-58-56-54-52-50-47-45-40-38-36-34-32-30-28-26-23-20-17-14-11-8-5-2/h7-8,10-11,16-17,19-21,24-28,31-34,37-40,42-43,47,50,88-90,94-95H,4-6,9,12-15,18,22-23,29-30,35-36,41,44-46,48-49,51-87H2,1-3H3,(H,99,100)(H,101,102)/b10-7-,11-8-,19-16-,20-17-,24-21-,27-25-,28-26-,33-31-,34-32-,39-37-,40-38-,43-42-,50-47-. The predicted molar refractivity (Wildman–Crippen MR) is 463 cm³/mol. The second-order valence-electron chi connectivity index (χ2n) is 28.9. The van der Waals surface area contributed by atoms with Crippen molar-refractivity contribution in [3.8, 4) is 0 Å². The van der Waals surface area contributed by atoms with Crippen molar-refractivity contribution in [2.75, 3.05) is 39.6 Å². The molecule has 4 N–H and O–H groups in total. The Bertz CT molecular complexity index is 2650. The van der Waals surface area contributed by atoms with Gasteiger partial charge in [0.15, 0.2) is 6.10 Å². The predicted octanol–water partition coefficient (Wildman–Crippen LogP) is 26.5. The minimum Gasteiger partial charge on any atom is -0.463 e. The Morgan fingerprint density at radius 1 is 0.261 bits per heavy atom. The molecule has 0 fully saturated rings. The summed E-state index contributed by atoms with van der Waals surface area (Å²) in [7, 11) is -9.80. The van der Waals surface area contributed by atoms with Crippen LogP contribution in [0.4, 0.5) is 0 Å². The van der Waals surface area contributed by atoms with E-state index in [9.17, 15) is 43.5 Å². The molecule has 5 unspecified atom stereocenters. The van der Waals surface area contributed by atoms with Gasteiger partial charge in [-0.15, -0.1) is 0 Å². The second kappa shape index (κ2) is 84.6. The molecule has 0 saturated carbocycles. The fourth-order valence-electron chi connectivity index (χ4n) is 11.6. The number of carbonyl (C=O) groups excluding carboxylic acids is 3. The zero-order valence-corrected chi connectivity index (χ0v) is 71.6. The summed E-state index contributed by atoms with van der Waals surface area (Å²) in [6, 6.07) is 0. The van der Waals surface area contributed by atoms with Crippen molar-refractivity contribution < 1.29 is 75.8 Å². The normalized spacial score (nSPS) is 14.6. The topological polar surface area (TPSA) is 231 Å². The van der Waals surface area contributed by atoms with E-state index < -0.39 is 91.5 Å². The SMILES string of the molecule is CC/C=C\C/C=C\C/C=C\C/C=C\C/C=C\C/C=C\CCCCCCCCCCCCCCCCC(=O)OCC(O)COP(=O)(O)OCC(O)COP(=O)(O)OCC(COC(=O)CCCCCCCCCCCC/C=C\C/C=C\C/C=C\C/C=C\C/C=C\C/C=C\CC)OC(=O)CCCCCCC/C=C\CCCCCC. The number of esters is 3. The summed E-state index contributed by atoms with van der Waals surface area (Å²) in [5.74, 6) is -1.58. The van der Waals surface area contributed by atoms with Crippen LogP contribution in [0.5, 0.6) is 0 Å². The minimum atomic E-state index is -4.94. The van der Waals surface area contributed by atoms with Gasteiger partial charge in [-0.25, -0.2) is 9.13 Å². The largest absolute Gasteiger partial charge is 0.472 e. The van der Waals surface area contributed by atoms with Crippen molar-refractivity contribution in [3.63, 3.8) is 0 Å². The van der Waals surface area contributed by atoms with Crippen LogP contribution in [0, 0.1) is 0 Å². The molecule has 0 saturated heterocycles. The van der Waals surface area contributed by atoms with Crippen molar-refractivity contribution in [2.45, 2.75) is 373 Å². The van der Waals surface area contributed by atoms with E-state index in [-0.39, 0.29) is 19.3 Å². The molecular formula is C93H158O16P2. The molecule has 0 aromatic carbocycles. The molecule has 0 aliphatic rings. The molecule has 0 aromatic rings. The Labute approximate surface area is 676 Å². The fraction of sp³-hybridized carbons (Fsp3) is 0.688. The maximum Gasteiger partial charge on any atom is 0.472 e. The zero-order valence-electron chi connectivity index (χ0n) is 69.8. The van der Waals surface area contributed by atoms with E-state index in [1.54, 1.807) is 0 Å². The number of hydrogen-bond donors (Lipinski definition) is 4. The monoisotopic (exact) mass is 1590 g/mol. The third-order valence-electron chi connectivity index (χ3n) is 18.2. The number of aliphatic hydroxyl groups excluding tert-OH is 2. The first-order valence-electron chi connectivity index (χ1n) is 43.8. The van der Waals surface area contributed by atoms with E-state index in [0.29, 0.717) is 19.3 Å². The van der Waals surface area contributed by atoms with Crippen molar-refractivity contribution in [2.24, 2.45) is 0 Å². The average molecular weight is 1590 g/mol. The highest BCUT2D eigenvalue weighted by Crippen LogP contribution is 2.45. The summed E-state index contributed by atoms with van der Waals surface area (Å²) < 4.78 is 61.3. The van der Waals surface area contributed by atoms with Crippen LogP contribution in [-0.2, 0) is 55.8 Å². The van der Waals surface area contributed by atoms with E-state index in [0.717, 1.165) is 173 Å². The lowest BCUT2D eigenvalue weighted by molar-refractivity contribution is -0.161. The number of aliphatic hydroxyl groups is 2. The minimum absolute atomic E-state index is 0.0913. The lowest BCUT2D eigenvalue weighted by atomic mass is 10.0. The molecule has 0 radical (unpaired) electrons. The molecular weight excluding hydrogens is 1430 g/mol. The second-order valence-corrected chi connectivity index (χ2v) is 31.8. The summed E-state index contributed by atoms with van der Waals surface area (Å²) in [5, 5.41) is 20.7. The van der Waals surface area contributed by atoms with Gasteiger partial charge >= 0.3 is 33.6 Å². The van der Waals surface area contributed by atoms with Crippen LogP contribution in [0.25, 0.3) is 0 Å². The summed E-state index contributed by atoms with van der Waals surface area (Å²) >= 11 is 0. The number of unbranched alkanes of at least 4 members (excludes halogenated alkanes) is 33. The molecule has 0 spiro atoms. The maximum absolute atomic E-state index is 13.0. The van der Waals surface area contributed by atoms with Gasteiger partial charge in [0.2, 0.25) is 0 Å². The number of allylic oxidation sites excluding steroid dienone is 26.